The molecule has 1 fully saturated rings. The van der Waals surface area contributed by atoms with Gasteiger partial charge in [0.05, 0.1) is 18.3 Å². The van der Waals surface area contributed by atoms with Crippen LogP contribution in [0.25, 0.3) is 0 Å². The molecular weight excluding hydrogens is 284 g/mol. The molecule has 0 radical (unpaired) electrons. The number of hydrogen-bond acceptors (Lipinski definition) is 7. The lowest BCUT2D eigenvalue weighted by Crippen LogP contribution is -2.34. The second kappa shape index (κ2) is 5.82. The summed E-state index contributed by atoms with van der Waals surface area (Å²) in [5.41, 5.74) is 0.236. The third kappa shape index (κ3) is 2.79. The van der Waals surface area contributed by atoms with E-state index in [2.05, 4.69) is 0 Å². The molecule has 1 N–H and O–H groups in total. The zero-order valence-corrected chi connectivity index (χ0v) is 11.5. The highest BCUT2D eigenvalue weighted by atomic mass is 32.2. The first kappa shape index (κ1) is 14.8. The van der Waals surface area contributed by atoms with E-state index in [9.17, 15) is 19.8 Å². The van der Waals surface area contributed by atoms with Crippen LogP contribution in [0.4, 0.5) is 0 Å². The highest BCUT2D eigenvalue weighted by Gasteiger charge is 2.45. The number of carbonyl (C=O) groups excluding carboxylic acids is 2. The van der Waals surface area contributed by atoms with Crippen molar-refractivity contribution in [1.82, 2.24) is 0 Å². The molecule has 6 nitrogen and oxygen atoms in total. The standard InChI is InChI=1S/C13H14O6S/c1-8(15)18-11-6-20-13(7-14,19-11)10-5-3-2-4-9(10)12(16)17/h2-5,11,14H,6-7H2,1H3,(H,16,17)/p-1/t11?,13-/m0/s1. The summed E-state index contributed by atoms with van der Waals surface area (Å²) in [6, 6.07) is 6.13. The lowest BCUT2D eigenvalue weighted by molar-refractivity contribution is -0.255. The van der Waals surface area contributed by atoms with Gasteiger partial charge in [-0.2, -0.15) is 0 Å². The maximum atomic E-state index is 11.2. The summed E-state index contributed by atoms with van der Waals surface area (Å²) < 4.78 is 10.5. The van der Waals surface area contributed by atoms with E-state index in [-0.39, 0.29) is 5.56 Å². The van der Waals surface area contributed by atoms with Gasteiger partial charge in [-0.25, -0.2) is 0 Å². The molecule has 108 valence electrons. The lowest BCUT2D eigenvalue weighted by atomic mass is 10.0. The van der Waals surface area contributed by atoms with Gasteiger partial charge in [-0.1, -0.05) is 24.3 Å². The number of ether oxygens (including phenoxy) is 2. The molecule has 2 rings (SSSR count). The number of aromatic carboxylic acids is 1. The molecule has 20 heavy (non-hydrogen) atoms. The molecule has 0 saturated carbocycles. The van der Waals surface area contributed by atoms with Crippen LogP contribution in [0, 0.1) is 0 Å². The van der Waals surface area contributed by atoms with Crippen LogP contribution in [0.15, 0.2) is 24.3 Å². The number of rotatable bonds is 4. The summed E-state index contributed by atoms with van der Waals surface area (Å²) in [7, 11) is 0. The van der Waals surface area contributed by atoms with Gasteiger partial charge in [-0.15, -0.1) is 11.8 Å². The van der Waals surface area contributed by atoms with E-state index < -0.39 is 29.8 Å². The fraction of sp³-hybridized carbons (Fsp3) is 0.385. The maximum Gasteiger partial charge on any atom is 0.304 e. The predicted octanol–water partition coefficient (Wildman–Crippen LogP) is -0.152. The van der Waals surface area contributed by atoms with E-state index in [1.807, 2.05) is 0 Å². The van der Waals surface area contributed by atoms with Gasteiger partial charge in [0.1, 0.15) is 0 Å². The number of aliphatic hydroxyl groups excluding tert-OH is 1. The van der Waals surface area contributed by atoms with E-state index in [1.54, 1.807) is 18.2 Å². The average Bonchev–Trinajstić information content (AvgIpc) is 2.82. The van der Waals surface area contributed by atoms with Gasteiger partial charge in [0.2, 0.25) is 6.29 Å². The number of hydrogen-bond donors (Lipinski definition) is 1. The Bertz CT molecular complexity index is 531. The third-order valence-electron chi connectivity index (χ3n) is 2.84. The van der Waals surface area contributed by atoms with E-state index in [0.29, 0.717) is 11.3 Å². The number of benzene rings is 1. The van der Waals surface area contributed by atoms with Crippen molar-refractivity contribution < 1.29 is 29.3 Å². The van der Waals surface area contributed by atoms with Crippen molar-refractivity contribution in [3.05, 3.63) is 35.4 Å². The Morgan fingerprint density at radius 2 is 2.25 bits per heavy atom. The molecule has 0 bridgehead atoms. The van der Waals surface area contributed by atoms with E-state index in [0.717, 1.165) is 0 Å². The van der Waals surface area contributed by atoms with E-state index in [4.69, 9.17) is 9.47 Å². The quantitative estimate of drug-likeness (QED) is 0.772. The normalized spacial score (nSPS) is 25.4. The Morgan fingerprint density at radius 3 is 2.85 bits per heavy atom. The fourth-order valence-corrected chi connectivity index (χ4v) is 3.17. The Labute approximate surface area is 119 Å². The number of carboxylic acids is 1. The number of carboxylic acid groups (broad SMARTS) is 1. The topological polar surface area (TPSA) is 95.9 Å². The number of carbonyl (C=O) groups is 2. The Kier molecular flexibility index (Phi) is 4.32. The molecule has 0 aliphatic carbocycles. The Hall–Kier alpha value is -1.57. The van der Waals surface area contributed by atoms with Gasteiger partial charge in [-0.05, 0) is 0 Å². The van der Waals surface area contributed by atoms with Gasteiger partial charge in [0.25, 0.3) is 0 Å². The van der Waals surface area contributed by atoms with Crippen LogP contribution in [-0.4, -0.2) is 35.7 Å². The SMILES string of the molecule is CC(=O)OC1CS[C@@](CO)(c2ccccc2C(=O)[O-])O1. The molecule has 2 atom stereocenters. The fourth-order valence-electron chi connectivity index (χ4n) is 2.03. The predicted molar refractivity (Wildman–Crippen MR) is 68.6 cm³/mol. The Balaban J connectivity index is 2.34. The summed E-state index contributed by atoms with van der Waals surface area (Å²) in [6.07, 6.45) is -0.820. The maximum absolute atomic E-state index is 11.2. The van der Waals surface area contributed by atoms with Crippen LogP contribution >= 0.6 is 11.8 Å². The Morgan fingerprint density at radius 1 is 1.55 bits per heavy atom. The minimum Gasteiger partial charge on any atom is -0.545 e. The first-order valence-corrected chi connectivity index (χ1v) is 6.88. The monoisotopic (exact) mass is 297 g/mol. The molecule has 1 unspecified atom stereocenters. The molecule has 1 saturated heterocycles. The van der Waals surface area contributed by atoms with Crippen molar-refractivity contribution in [2.75, 3.05) is 12.4 Å². The summed E-state index contributed by atoms with van der Waals surface area (Å²) in [6.45, 7) is 0.807. The van der Waals surface area contributed by atoms with Gasteiger partial charge >= 0.3 is 5.97 Å². The first-order chi connectivity index (χ1) is 9.48. The molecule has 1 aromatic rings. The zero-order valence-electron chi connectivity index (χ0n) is 10.7. The smallest absolute Gasteiger partial charge is 0.304 e. The van der Waals surface area contributed by atoms with Crippen molar-refractivity contribution >= 4 is 23.7 Å². The van der Waals surface area contributed by atoms with Gasteiger partial charge < -0.3 is 24.5 Å². The first-order valence-electron chi connectivity index (χ1n) is 5.89. The van der Waals surface area contributed by atoms with Crippen LogP contribution in [-0.2, 0) is 19.2 Å². The van der Waals surface area contributed by atoms with Crippen LogP contribution in [0.2, 0.25) is 0 Å². The summed E-state index contributed by atoms with van der Waals surface area (Å²) in [5, 5.41) is 20.8. The highest BCUT2D eigenvalue weighted by molar-refractivity contribution is 8.00. The minimum atomic E-state index is -1.35. The second-order valence-corrected chi connectivity index (χ2v) is 5.49. The largest absolute Gasteiger partial charge is 0.545 e. The van der Waals surface area contributed by atoms with Crippen molar-refractivity contribution in [2.24, 2.45) is 0 Å². The van der Waals surface area contributed by atoms with Crippen LogP contribution in [0.1, 0.15) is 22.8 Å². The number of aliphatic hydroxyl groups is 1. The number of thioether (sulfide) groups is 1. The molecule has 0 spiro atoms. The van der Waals surface area contributed by atoms with Crippen LogP contribution in [0.3, 0.4) is 0 Å². The molecule has 7 heteroatoms. The zero-order chi connectivity index (χ0) is 14.8. The number of esters is 1. The van der Waals surface area contributed by atoms with Crippen molar-refractivity contribution in [3.63, 3.8) is 0 Å². The summed E-state index contributed by atoms with van der Waals surface area (Å²) in [4.78, 5) is 20.8. The second-order valence-electron chi connectivity index (χ2n) is 4.21. The van der Waals surface area contributed by atoms with Crippen molar-refractivity contribution in [3.8, 4) is 0 Å². The summed E-state index contributed by atoms with van der Waals surface area (Å²) in [5.74, 6) is -1.55. The molecule has 1 aromatic carbocycles. The minimum absolute atomic E-state index is 0.0578. The molecule has 1 heterocycles. The highest BCUT2D eigenvalue weighted by Crippen LogP contribution is 2.46. The van der Waals surface area contributed by atoms with Gasteiger partial charge in [-0.3, -0.25) is 4.79 Å². The lowest BCUT2D eigenvalue weighted by Gasteiger charge is -2.28. The molecule has 1 aliphatic heterocycles. The summed E-state index contributed by atoms with van der Waals surface area (Å²) >= 11 is 1.18. The van der Waals surface area contributed by atoms with E-state index in [1.165, 1.54) is 24.8 Å². The van der Waals surface area contributed by atoms with E-state index >= 15 is 0 Å². The molecular formula is C13H13O6S-. The molecule has 0 amide bonds. The third-order valence-corrected chi connectivity index (χ3v) is 4.19. The molecule has 0 aromatic heterocycles. The van der Waals surface area contributed by atoms with Crippen LogP contribution in [0.5, 0.6) is 0 Å². The van der Waals surface area contributed by atoms with Gasteiger partial charge in [0, 0.05) is 18.1 Å². The molecule has 1 aliphatic rings. The van der Waals surface area contributed by atoms with Crippen molar-refractivity contribution in [1.29, 1.82) is 0 Å². The average molecular weight is 297 g/mol. The van der Waals surface area contributed by atoms with Crippen molar-refractivity contribution in [2.45, 2.75) is 18.1 Å². The van der Waals surface area contributed by atoms with Crippen LogP contribution < -0.4 is 5.11 Å². The van der Waals surface area contributed by atoms with Gasteiger partial charge in [0.15, 0.2) is 4.93 Å².